The zero-order chi connectivity index (χ0) is 19.1. The van der Waals surface area contributed by atoms with E-state index in [4.69, 9.17) is 4.74 Å². The predicted octanol–water partition coefficient (Wildman–Crippen LogP) is 3.06. The number of carbonyl (C=O) groups is 3. The molecule has 0 saturated heterocycles. The molecule has 1 amide bonds. The second kappa shape index (κ2) is 9.13. The van der Waals surface area contributed by atoms with Gasteiger partial charge in [-0.15, -0.1) is 6.58 Å². The lowest BCUT2D eigenvalue weighted by molar-refractivity contribution is -0.155. The molecule has 5 nitrogen and oxygen atoms in total. The van der Waals surface area contributed by atoms with Gasteiger partial charge in [0.05, 0.1) is 13.2 Å². The molecule has 2 unspecified atom stereocenters. The van der Waals surface area contributed by atoms with E-state index in [0.717, 1.165) is 11.1 Å². The number of rotatable bonds is 7. The maximum absolute atomic E-state index is 13.2. The molecule has 1 aliphatic carbocycles. The molecule has 0 spiro atoms. The van der Waals surface area contributed by atoms with Crippen molar-refractivity contribution in [2.45, 2.75) is 38.8 Å². The van der Waals surface area contributed by atoms with E-state index in [1.165, 1.54) is 7.11 Å². The van der Waals surface area contributed by atoms with Crippen LogP contribution in [0, 0.1) is 5.92 Å². The van der Waals surface area contributed by atoms with E-state index in [1.807, 2.05) is 37.3 Å². The van der Waals surface area contributed by atoms with Gasteiger partial charge in [0.25, 0.3) is 0 Å². The van der Waals surface area contributed by atoms with E-state index < -0.39 is 11.9 Å². The smallest absolute Gasteiger partial charge is 0.318 e. The molecule has 2 rings (SSSR count). The number of carbonyl (C=O) groups excluding carboxylic acids is 3. The van der Waals surface area contributed by atoms with E-state index in [1.54, 1.807) is 17.1 Å². The van der Waals surface area contributed by atoms with Gasteiger partial charge in [0.1, 0.15) is 5.92 Å². The Hall–Kier alpha value is -2.69. The Labute approximate surface area is 154 Å². The maximum Gasteiger partial charge on any atom is 0.318 e. The van der Waals surface area contributed by atoms with Gasteiger partial charge in [-0.1, -0.05) is 36.4 Å². The minimum absolute atomic E-state index is 0.0708. The molecular weight excluding hydrogens is 330 g/mol. The van der Waals surface area contributed by atoms with Gasteiger partial charge >= 0.3 is 5.97 Å². The molecule has 26 heavy (non-hydrogen) atoms. The lowest BCUT2D eigenvalue weighted by Gasteiger charge is -2.36. The first kappa shape index (κ1) is 19.6. The zero-order valence-corrected chi connectivity index (χ0v) is 15.3. The van der Waals surface area contributed by atoms with Crippen LogP contribution in [0.4, 0.5) is 0 Å². The molecule has 1 aliphatic rings. The van der Waals surface area contributed by atoms with Crippen LogP contribution in [0.15, 0.2) is 54.6 Å². The standard InChI is InChI=1S/C21H25NO4/c1-4-8-18(21(25)26-3)20(24)22(14-16-9-6-5-7-10-16)19-12-11-17(23)13-15(19)2/h4-7,9-10,13,18-19H,1,8,11-12,14H2,2-3H3. The fourth-order valence-electron chi connectivity index (χ4n) is 3.26. The quantitative estimate of drug-likeness (QED) is 0.428. The molecule has 0 aromatic heterocycles. The molecule has 0 radical (unpaired) electrons. The van der Waals surface area contributed by atoms with Crippen LogP contribution in [-0.4, -0.2) is 35.7 Å². The van der Waals surface area contributed by atoms with Crippen LogP contribution in [0.5, 0.6) is 0 Å². The van der Waals surface area contributed by atoms with Crippen LogP contribution in [0.25, 0.3) is 0 Å². The van der Waals surface area contributed by atoms with Crippen LogP contribution in [0.2, 0.25) is 0 Å². The molecule has 1 aromatic carbocycles. The molecule has 0 N–H and O–H groups in total. The zero-order valence-electron chi connectivity index (χ0n) is 15.3. The molecule has 0 saturated carbocycles. The fraction of sp³-hybridized carbons (Fsp3) is 0.381. The number of ketones is 1. The molecule has 5 heteroatoms. The molecule has 1 aromatic rings. The van der Waals surface area contributed by atoms with E-state index in [2.05, 4.69) is 6.58 Å². The van der Waals surface area contributed by atoms with E-state index in [0.29, 0.717) is 19.4 Å². The monoisotopic (exact) mass is 355 g/mol. The first-order valence-electron chi connectivity index (χ1n) is 8.72. The Morgan fingerprint density at radius 1 is 1.35 bits per heavy atom. The number of benzene rings is 1. The minimum atomic E-state index is -0.924. The van der Waals surface area contributed by atoms with Gasteiger partial charge in [-0.3, -0.25) is 14.4 Å². The van der Waals surface area contributed by atoms with Gasteiger partial charge in [0, 0.05) is 13.0 Å². The largest absolute Gasteiger partial charge is 0.468 e. The first-order chi connectivity index (χ1) is 12.5. The molecule has 0 heterocycles. The number of ether oxygens (including phenoxy) is 1. The number of amides is 1. The molecule has 0 bridgehead atoms. The minimum Gasteiger partial charge on any atom is -0.468 e. The van der Waals surface area contributed by atoms with Gasteiger partial charge in [-0.2, -0.15) is 0 Å². The summed E-state index contributed by atoms with van der Waals surface area (Å²) in [6.45, 7) is 5.87. The lowest BCUT2D eigenvalue weighted by Crippen LogP contribution is -2.46. The Morgan fingerprint density at radius 3 is 2.62 bits per heavy atom. The summed E-state index contributed by atoms with van der Waals surface area (Å²) < 4.78 is 4.81. The summed E-state index contributed by atoms with van der Waals surface area (Å²) in [7, 11) is 1.28. The SMILES string of the molecule is C=CCC(C(=O)OC)C(=O)N(Cc1ccccc1)C1CCC(=O)C=C1C. The van der Waals surface area contributed by atoms with Crippen LogP contribution in [0.3, 0.4) is 0 Å². The highest BCUT2D eigenvalue weighted by Gasteiger charge is 2.35. The topological polar surface area (TPSA) is 63.7 Å². The van der Waals surface area contributed by atoms with Crippen molar-refractivity contribution in [2.75, 3.05) is 7.11 Å². The Balaban J connectivity index is 2.37. The molecule has 138 valence electrons. The third-order valence-electron chi connectivity index (χ3n) is 4.62. The maximum atomic E-state index is 13.2. The van der Waals surface area contributed by atoms with Crippen molar-refractivity contribution >= 4 is 17.7 Å². The molecule has 0 fully saturated rings. The highest BCUT2D eigenvalue weighted by molar-refractivity contribution is 5.98. The number of hydrogen-bond donors (Lipinski definition) is 0. The van der Waals surface area contributed by atoms with Gasteiger partial charge < -0.3 is 9.64 Å². The van der Waals surface area contributed by atoms with Crippen molar-refractivity contribution in [1.29, 1.82) is 0 Å². The van der Waals surface area contributed by atoms with Gasteiger partial charge in [0.15, 0.2) is 5.78 Å². The van der Waals surface area contributed by atoms with Crippen molar-refractivity contribution in [3.63, 3.8) is 0 Å². The van der Waals surface area contributed by atoms with E-state index >= 15 is 0 Å². The van der Waals surface area contributed by atoms with Gasteiger partial charge in [-0.25, -0.2) is 0 Å². The van der Waals surface area contributed by atoms with Crippen LogP contribution >= 0.6 is 0 Å². The van der Waals surface area contributed by atoms with Gasteiger partial charge in [0.2, 0.25) is 5.91 Å². The normalized spacial score (nSPS) is 17.8. The highest BCUT2D eigenvalue weighted by Crippen LogP contribution is 2.26. The Bertz CT molecular complexity index is 708. The summed E-state index contributed by atoms with van der Waals surface area (Å²) in [5, 5.41) is 0. The van der Waals surface area contributed by atoms with Crippen molar-refractivity contribution in [2.24, 2.45) is 5.92 Å². The molecule has 2 atom stereocenters. The third kappa shape index (κ3) is 4.69. The number of methoxy groups -OCH3 is 1. The van der Waals surface area contributed by atoms with Crippen molar-refractivity contribution in [1.82, 2.24) is 4.90 Å². The number of hydrogen-bond acceptors (Lipinski definition) is 4. The average Bonchev–Trinajstić information content (AvgIpc) is 2.64. The van der Waals surface area contributed by atoms with Crippen LogP contribution < -0.4 is 0 Å². The third-order valence-corrected chi connectivity index (χ3v) is 4.62. The highest BCUT2D eigenvalue weighted by atomic mass is 16.5. The lowest BCUT2D eigenvalue weighted by atomic mass is 9.91. The van der Waals surface area contributed by atoms with Gasteiger partial charge in [-0.05, 0) is 37.0 Å². The summed E-state index contributed by atoms with van der Waals surface area (Å²) in [5.74, 6) is -1.72. The number of nitrogens with zero attached hydrogens (tertiary/aromatic N) is 1. The summed E-state index contributed by atoms with van der Waals surface area (Å²) >= 11 is 0. The van der Waals surface area contributed by atoms with Crippen molar-refractivity contribution in [3.8, 4) is 0 Å². The molecular formula is C21H25NO4. The average molecular weight is 355 g/mol. The Morgan fingerprint density at radius 2 is 2.04 bits per heavy atom. The number of esters is 1. The number of allylic oxidation sites excluding steroid dienone is 2. The summed E-state index contributed by atoms with van der Waals surface area (Å²) in [6.07, 6.45) is 4.31. The first-order valence-corrected chi connectivity index (χ1v) is 8.72. The van der Waals surface area contributed by atoms with Crippen LogP contribution in [-0.2, 0) is 25.7 Å². The van der Waals surface area contributed by atoms with E-state index in [9.17, 15) is 14.4 Å². The van der Waals surface area contributed by atoms with Crippen LogP contribution in [0.1, 0.15) is 31.7 Å². The van der Waals surface area contributed by atoms with E-state index in [-0.39, 0.29) is 24.2 Å². The van der Waals surface area contributed by atoms with Crippen molar-refractivity contribution in [3.05, 3.63) is 60.2 Å². The molecule has 0 aliphatic heterocycles. The van der Waals surface area contributed by atoms with Crippen molar-refractivity contribution < 1.29 is 19.1 Å². The fourth-order valence-corrected chi connectivity index (χ4v) is 3.26. The second-order valence-electron chi connectivity index (χ2n) is 6.46. The summed E-state index contributed by atoms with van der Waals surface area (Å²) in [6, 6.07) is 9.40. The second-order valence-corrected chi connectivity index (χ2v) is 6.46. The summed E-state index contributed by atoms with van der Waals surface area (Å²) in [5.41, 5.74) is 1.81. The Kier molecular flexibility index (Phi) is 6.89. The summed E-state index contributed by atoms with van der Waals surface area (Å²) in [4.78, 5) is 38.7. The predicted molar refractivity (Wildman–Crippen MR) is 99.1 cm³/mol.